The molecule has 1 unspecified atom stereocenters. The molecule has 0 amide bonds. The van der Waals surface area contributed by atoms with E-state index >= 15 is 0 Å². The fraction of sp³-hybridized carbons (Fsp3) is 0.667. The van der Waals surface area contributed by atoms with Crippen LogP contribution in [0.25, 0.3) is 0 Å². The molecule has 94 valence electrons. The molecule has 17 heavy (non-hydrogen) atoms. The van der Waals surface area contributed by atoms with Gasteiger partial charge in [-0.25, -0.2) is 0 Å². The van der Waals surface area contributed by atoms with Gasteiger partial charge in [0.05, 0.1) is 23.0 Å². The molecule has 0 fully saturated rings. The highest BCUT2D eigenvalue weighted by atomic mass is 35.5. The molecule has 1 aromatic heterocycles. The molecule has 5 heteroatoms. The third-order valence-electron chi connectivity index (χ3n) is 3.14. The van der Waals surface area contributed by atoms with Gasteiger partial charge in [-0.2, -0.15) is 10.4 Å². The number of rotatable bonds is 6. The SMILES string of the molecule is CNC(C)(C#N)CCCCn1ncc(Cl)c1C. The first kappa shape index (κ1) is 14.0. The number of nitrogens with one attached hydrogen (secondary N) is 1. The highest BCUT2D eigenvalue weighted by molar-refractivity contribution is 6.31. The van der Waals surface area contributed by atoms with E-state index in [2.05, 4.69) is 16.5 Å². The molecule has 0 saturated heterocycles. The predicted octanol–water partition coefficient (Wildman–Crippen LogP) is 2.52. The first-order chi connectivity index (χ1) is 8.02. The van der Waals surface area contributed by atoms with Gasteiger partial charge in [-0.1, -0.05) is 11.6 Å². The van der Waals surface area contributed by atoms with E-state index in [-0.39, 0.29) is 0 Å². The highest BCUT2D eigenvalue weighted by Crippen LogP contribution is 2.16. The average Bonchev–Trinajstić information content (AvgIpc) is 2.66. The summed E-state index contributed by atoms with van der Waals surface area (Å²) >= 11 is 5.92. The van der Waals surface area contributed by atoms with Crippen molar-refractivity contribution >= 4 is 11.6 Å². The van der Waals surface area contributed by atoms with Crippen LogP contribution >= 0.6 is 11.6 Å². The molecule has 0 bridgehead atoms. The lowest BCUT2D eigenvalue weighted by Crippen LogP contribution is -2.37. The van der Waals surface area contributed by atoms with E-state index in [1.165, 1.54) is 0 Å². The molecule has 0 aromatic carbocycles. The molecule has 1 N–H and O–H groups in total. The largest absolute Gasteiger partial charge is 0.303 e. The Morgan fingerprint density at radius 3 is 2.76 bits per heavy atom. The van der Waals surface area contributed by atoms with Gasteiger partial charge in [0.15, 0.2) is 0 Å². The third-order valence-corrected chi connectivity index (χ3v) is 3.51. The minimum absolute atomic E-state index is 0.420. The number of aryl methyl sites for hydroxylation is 1. The number of hydrogen-bond donors (Lipinski definition) is 1. The van der Waals surface area contributed by atoms with Crippen molar-refractivity contribution in [3.63, 3.8) is 0 Å². The molecule has 1 aromatic rings. The fourth-order valence-electron chi connectivity index (χ4n) is 1.63. The van der Waals surface area contributed by atoms with Crippen molar-refractivity contribution in [2.24, 2.45) is 0 Å². The van der Waals surface area contributed by atoms with Gasteiger partial charge >= 0.3 is 0 Å². The minimum atomic E-state index is -0.420. The highest BCUT2D eigenvalue weighted by Gasteiger charge is 2.19. The first-order valence-electron chi connectivity index (χ1n) is 5.80. The topological polar surface area (TPSA) is 53.6 Å². The molecule has 0 radical (unpaired) electrons. The monoisotopic (exact) mass is 254 g/mol. The summed E-state index contributed by atoms with van der Waals surface area (Å²) in [5, 5.41) is 16.9. The Morgan fingerprint density at radius 2 is 2.29 bits per heavy atom. The van der Waals surface area contributed by atoms with Gasteiger partial charge < -0.3 is 5.32 Å². The van der Waals surface area contributed by atoms with Crippen LogP contribution in [0.15, 0.2) is 6.20 Å². The zero-order chi connectivity index (χ0) is 12.9. The van der Waals surface area contributed by atoms with Crippen molar-refractivity contribution in [2.45, 2.75) is 45.2 Å². The van der Waals surface area contributed by atoms with Crippen LogP contribution in [0, 0.1) is 18.3 Å². The summed E-state index contributed by atoms with van der Waals surface area (Å²) in [5.74, 6) is 0. The fourth-order valence-corrected chi connectivity index (χ4v) is 1.77. The molecule has 4 nitrogen and oxygen atoms in total. The van der Waals surface area contributed by atoms with Gasteiger partial charge in [0.2, 0.25) is 0 Å². The number of halogens is 1. The molecule has 0 aliphatic heterocycles. The van der Waals surface area contributed by atoms with E-state index in [1.807, 2.05) is 25.6 Å². The van der Waals surface area contributed by atoms with E-state index in [1.54, 1.807) is 6.20 Å². The lowest BCUT2D eigenvalue weighted by Gasteiger charge is -2.20. The smallest absolute Gasteiger partial charge is 0.103 e. The summed E-state index contributed by atoms with van der Waals surface area (Å²) in [7, 11) is 1.82. The van der Waals surface area contributed by atoms with Gasteiger partial charge in [-0.3, -0.25) is 4.68 Å². The zero-order valence-corrected chi connectivity index (χ0v) is 11.4. The normalized spacial score (nSPS) is 14.3. The Hall–Kier alpha value is -1.05. The van der Waals surface area contributed by atoms with Crippen LogP contribution in [-0.4, -0.2) is 22.4 Å². The molecule has 0 saturated carbocycles. The summed E-state index contributed by atoms with van der Waals surface area (Å²) in [4.78, 5) is 0. The minimum Gasteiger partial charge on any atom is -0.303 e. The van der Waals surface area contributed by atoms with Crippen molar-refractivity contribution in [3.8, 4) is 6.07 Å². The van der Waals surface area contributed by atoms with Crippen molar-refractivity contribution in [2.75, 3.05) is 7.05 Å². The number of aromatic nitrogens is 2. The Labute approximate surface area is 108 Å². The van der Waals surface area contributed by atoms with E-state index in [9.17, 15) is 0 Å². The van der Waals surface area contributed by atoms with E-state index in [4.69, 9.17) is 16.9 Å². The summed E-state index contributed by atoms with van der Waals surface area (Å²) < 4.78 is 1.91. The lowest BCUT2D eigenvalue weighted by atomic mass is 9.97. The maximum atomic E-state index is 9.00. The second-order valence-electron chi connectivity index (χ2n) is 4.45. The number of nitrogens with zero attached hydrogens (tertiary/aromatic N) is 3. The van der Waals surface area contributed by atoms with Gasteiger partial charge in [0.25, 0.3) is 0 Å². The number of unbranched alkanes of at least 4 members (excludes halogenated alkanes) is 1. The molecule has 0 aliphatic rings. The standard InChI is InChI=1S/C12H19ClN4/c1-10-11(13)8-16-17(10)7-5-4-6-12(2,9-14)15-3/h8,15H,4-7H2,1-3H3. The quantitative estimate of drug-likeness (QED) is 0.794. The van der Waals surface area contributed by atoms with Gasteiger partial charge in [0, 0.05) is 6.54 Å². The molecule has 1 heterocycles. The predicted molar refractivity (Wildman–Crippen MR) is 68.9 cm³/mol. The maximum Gasteiger partial charge on any atom is 0.103 e. The van der Waals surface area contributed by atoms with E-state index in [0.717, 1.165) is 31.5 Å². The summed E-state index contributed by atoms with van der Waals surface area (Å²) in [6, 6.07) is 2.29. The van der Waals surface area contributed by atoms with Gasteiger partial charge in [0.1, 0.15) is 5.54 Å². The second-order valence-corrected chi connectivity index (χ2v) is 4.86. The van der Waals surface area contributed by atoms with Crippen LogP contribution in [0.3, 0.4) is 0 Å². The van der Waals surface area contributed by atoms with Crippen LogP contribution < -0.4 is 5.32 Å². The van der Waals surface area contributed by atoms with Crippen molar-refractivity contribution < 1.29 is 0 Å². The van der Waals surface area contributed by atoms with Crippen molar-refractivity contribution in [3.05, 3.63) is 16.9 Å². The van der Waals surface area contributed by atoms with Gasteiger partial charge in [-0.05, 0) is 40.2 Å². The van der Waals surface area contributed by atoms with Crippen LogP contribution in [0.5, 0.6) is 0 Å². The number of nitriles is 1. The van der Waals surface area contributed by atoms with Gasteiger partial charge in [-0.15, -0.1) is 0 Å². The number of hydrogen-bond acceptors (Lipinski definition) is 3. The van der Waals surface area contributed by atoms with E-state index in [0.29, 0.717) is 5.02 Å². The van der Waals surface area contributed by atoms with Crippen LogP contribution in [-0.2, 0) is 6.54 Å². The first-order valence-corrected chi connectivity index (χ1v) is 6.18. The summed E-state index contributed by atoms with van der Waals surface area (Å²) in [6.07, 6.45) is 4.50. The lowest BCUT2D eigenvalue weighted by molar-refractivity contribution is 0.418. The Morgan fingerprint density at radius 1 is 1.59 bits per heavy atom. The van der Waals surface area contributed by atoms with Crippen molar-refractivity contribution in [1.82, 2.24) is 15.1 Å². The Bertz CT molecular complexity index is 407. The van der Waals surface area contributed by atoms with Crippen LogP contribution in [0.4, 0.5) is 0 Å². The summed E-state index contributed by atoms with van der Waals surface area (Å²) in [6.45, 7) is 4.73. The second kappa shape index (κ2) is 6.04. The zero-order valence-electron chi connectivity index (χ0n) is 10.6. The molecular weight excluding hydrogens is 236 g/mol. The molecule has 1 atom stereocenters. The average molecular weight is 255 g/mol. The molecule has 0 spiro atoms. The maximum absolute atomic E-state index is 9.00. The Kier molecular flexibility index (Phi) is 4.98. The van der Waals surface area contributed by atoms with Crippen LogP contribution in [0.2, 0.25) is 5.02 Å². The third kappa shape index (κ3) is 3.72. The van der Waals surface area contributed by atoms with Crippen LogP contribution in [0.1, 0.15) is 31.9 Å². The molecular formula is C12H19ClN4. The molecule has 0 aliphatic carbocycles. The summed E-state index contributed by atoms with van der Waals surface area (Å²) in [5.41, 5.74) is 0.583. The molecule has 1 rings (SSSR count). The van der Waals surface area contributed by atoms with E-state index < -0.39 is 5.54 Å². The Balaban J connectivity index is 2.35. The van der Waals surface area contributed by atoms with Crippen molar-refractivity contribution in [1.29, 1.82) is 5.26 Å².